The number of rotatable bonds is 5. The molecule has 1 atom stereocenters. The molecule has 1 unspecified atom stereocenters. The highest BCUT2D eigenvalue weighted by molar-refractivity contribution is 9.10. The third-order valence-corrected chi connectivity index (χ3v) is 4.67. The SMILES string of the molecule is CCC(Nc1ccccc1Br)(C(=O)O)c1ccc(Br)cc1. The number of benzene rings is 2. The van der Waals surface area contributed by atoms with Crippen LogP contribution in [0, 0.1) is 0 Å². The second-order valence-electron chi connectivity index (χ2n) is 4.68. The predicted molar refractivity (Wildman–Crippen MR) is 91.5 cm³/mol. The number of hydrogen-bond acceptors (Lipinski definition) is 2. The number of aliphatic carboxylic acids is 1. The number of carbonyl (C=O) groups is 1. The summed E-state index contributed by atoms with van der Waals surface area (Å²) in [4.78, 5) is 12.0. The summed E-state index contributed by atoms with van der Waals surface area (Å²) in [6.07, 6.45) is 0.422. The molecule has 5 heteroatoms. The first-order valence-electron chi connectivity index (χ1n) is 6.52. The van der Waals surface area contributed by atoms with Gasteiger partial charge in [0.1, 0.15) is 0 Å². The van der Waals surface area contributed by atoms with Crippen LogP contribution in [0.15, 0.2) is 57.5 Å². The Balaban J connectivity index is 2.50. The first-order valence-corrected chi connectivity index (χ1v) is 8.10. The first kappa shape index (κ1) is 16.0. The number of carboxylic acids is 1. The van der Waals surface area contributed by atoms with Gasteiger partial charge in [-0.05, 0) is 52.2 Å². The maximum Gasteiger partial charge on any atom is 0.334 e. The number of para-hydroxylation sites is 1. The quantitative estimate of drug-likeness (QED) is 0.725. The minimum Gasteiger partial charge on any atom is -0.479 e. The molecule has 0 aliphatic carbocycles. The van der Waals surface area contributed by atoms with Gasteiger partial charge in [0.05, 0.1) is 0 Å². The van der Waals surface area contributed by atoms with E-state index in [9.17, 15) is 9.90 Å². The first-order chi connectivity index (χ1) is 9.99. The lowest BCUT2D eigenvalue weighted by molar-refractivity contribution is -0.142. The van der Waals surface area contributed by atoms with Crippen LogP contribution in [0.2, 0.25) is 0 Å². The van der Waals surface area contributed by atoms with E-state index in [-0.39, 0.29) is 0 Å². The fourth-order valence-corrected chi connectivity index (χ4v) is 2.87. The monoisotopic (exact) mass is 411 g/mol. The van der Waals surface area contributed by atoms with Gasteiger partial charge in [-0.25, -0.2) is 4.79 Å². The van der Waals surface area contributed by atoms with Crippen molar-refractivity contribution in [3.63, 3.8) is 0 Å². The highest BCUT2D eigenvalue weighted by Gasteiger charge is 2.39. The lowest BCUT2D eigenvalue weighted by Crippen LogP contribution is -2.43. The van der Waals surface area contributed by atoms with Crippen LogP contribution < -0.4 is 5.32 Å². The van der Waals surface area contributed by atoms with Crippen molar-refractivity contribution in [2.24, 2.45) is 0 Å². The minimum absolute atomic E-state index is 0.422. The predicted octanol–water partition coefficient (Wildman–Crippen LogP) is 5.01. The Morgan fingerprint density at radius 1 is 1.14 bits per heavy atom. The summed E-state index contributed by atoms with van der Waals surface area (Å²) in [7, 11) is 0. The van der Waals surface area contributed by atoms with E-state index in [1.165, 1.54) is 0 Å². The molecule has 0 spiro atoms. The van der Waals surface area contributed by atoms with Crippen LogP contribution in [-0.4, -0.2) is 11.1 Å². The molecule has 0 aliphatic rings. The van der Waals surface area contributed by atoms with Gasteiger partial charge in [-0.3, -0.25) is 0 Å². The Hall–Kier alpha value is -1.33. The lowest BCUT2D eigenvalue weighted by atomic mass is 9.87. The van der Waals surface area contributed by atoms with Gasteiger partial charge in [0.15, 0.2) is 5.54 Å². The molecule has 0 fully saturated rings. The molecule has 2 aromatic carbocycles. The second-order valence-corrected chi connectivity index (χ2v) is 6.45. The fraction of sp³-hybridized carbons (Fsp3) is 0.188. The van der Waals surface area contributed by atoms with Crippen molar-refractivity contribution in [2.75, 3.05) is 5.32 Å². The topological polar surface area (TPSA) is 49.3 Å². The van der Waals surface area contributed by atoms with Crippen molar-refractivity contribution in [2.45, 2.75) is 18.9 Å². The van der Waals surface area contributed by atoms with Gasteiger partial charge in [-0.1, -0.05) is 47.1 Å². The zero-order chi connectivity index (χ0) is 15.5. The summed E-state index contributed by atoms with van der Waals surface area (Å²) in [5.41, 5.74) is 0.311. The van der Waals surface area contributed by atoms with Gasteiger partial charge in [0, 0.05) is 14.6 Å². The van der Waals surface area contributed by atoms with Gasteiger partial charge in [0.2, 0.25) is 0 Å². The van der Waals surface area contributed by atoms with E-state index in [0.29, 0.717) is 6.42 Å². The average molecular weight is 413 g/mol. The van der Waals surface area contributed by atoms with Crippen molar-refractivity contribution in [1.82, 2.24) is 0 Å². The van der Waals surface area contributed by atoms with Crippen molar-refractivity contribution < 1.29 is 9.90 Å². The van der Waals surface area contributed by atoms with Gasteiger partial charge in [-0.2, -0.15) is 0 Å². The smallest absolute Gasteiger partial charge is 0.334 e. The Labute approximate surface area is 140 Å². The third kappa shape index (κ3) is 3.30. The molecule has 0 bridgehead atoms. The van der Waals surface area contributed by atoms with Crippen molar-refractivity contribution in [3.8, 4) is 0 Å². The van der Waals surface area contributed by atoms with Gasteiger partial charge >= 0.3 is 5.97 Å². The zero-order valence-electron chi connectivity index (χ0n) is 11.4. The van der Waals surface area contributed by atoms with E-state index in [0.717, 1.165) is 20.2 Å². The van der Waals surface area contributed by atoms with Crippen molar-refractivity contribution in [1.29, 1.82) is 0 Å². The Bertz CT molecular complexity index is 643. The van der Waals surface area contributed by atoms with Crippen LogP contribution in [0.3, 0.4) is 0 Å². The van der Waals surface area contributed by atoms with Gasteiger partial charge in [0.25, 0.3) is 0 Å². The molecule has 3 nitrogen and oxygen atoms in total. The molecule has 0 amide bonds. The van der Waals surface area contributed by atoms with E-state index in [4.69, 9.17) is 0 Å². The minimum atomic E-state index is -1.16. The molecule has 2 N–H and O–H groups in total. The average Bonchev–Trinajstić information content (AvgIpc) is 2.47. The molecular formula is C16H15Br2NO2. The third-order valence-electron chi connectivity index (χ3n) is 3.45. The summed E-state index contributed by atoms with van der Waals surface area (Å²) in [6.45, 7) is 1.86. The highest BCUT2D eigenvalue weighted by Crippen LogP contribution is 2.34. The second kappa shape index (κ2) is 6.62. The van der Waals surface area contributed by atoms with E-state index in [1.807, 2.05) is 55.5 Å². The van der Waals surface area contributed by atoms with E-state index >= 15 is 0 Å². The normalized spacial score (nSPS) is 13.5. The molecule has 2 rings (SSSR count). The standard InChI is InChI=1S/C16H15Br2NO2/c1-2-16(15(20)21,11-7-9-12(17)10-8-11)19-14-6-4-3-5-13(14)18/h3-10,19H,2H2,1H3,(H,20,21). The number of hydrogen-bond donors (Lipinski definition) is 2. The number of halogens is 2. The summed E-state index contributed by atoms with van der Waals surface area (Å²) < 4.78 is 1.75. The fourth-order valence-electron chi connectivity index (χ4n) is 2.22. The van der Waals surface area contributed by atoms with Crippen LogP contribution in [0.25, 0.3) is 0 Å². The molecule has 110 valence electrons. The van der Waals surface area contributed by atoms with Crippen LogP contribution in [0.4, 0.5) is 5.69 Å². The number of anilines is 1. The van der Waals surface area contributed by atoms with Gasteiger partial charge in [-0.15, -0.1) is 0 Å². The number of carboxylic acid groups (broad SMARTS) is 1. The molecular weight excluding hydrogens is 398 g/mol. The van der Waals surface area contributed by atoms with Crippen LogP contribution >= 0.6 is 31.9 Å². The van der Waals surface area contributed by atoms with Gasteiger partial charge < -0.3 is 10.4 Å². The largest absolute Gasteiger partial charge is 0.479 e. The molecule has 0 heterocycles. The maximum atomic E-state index is 12.0. The summed E-state index contributed by atoms with van der Waals surface area (Å²) in [5.74, 6) is -0.900. The molecule has 0 saturated carbocycles. The zero-order valence-corrected chi connectivity index (χ0v) is 14.6. The van der Waals surface area contributed by atoms with Crippen LogP contribution in [-0.2, 0) is 10.3 Å². The molecule has 0 radical (unpaired) electrons. The molecule has 2 aromatic rings. The summed E-state index contributed by atoms with van der Waals surface area (Å²) >= 11 is 6.82. The van der Waals surface area contributed by atoms with Crippen molar-refractivity contribution in [3.05, 3.63) is 63.0 Å². The van der Waals surface area contributed by atoms with E-state index in [2.05, 4.69) is 37.2 Å². The number of nitrogens with one attached hydrogen (secondary N) is 1. The Kier molecular flexibility index (Phi) is 5.06. The highest BCUT2D eigenvalue weighted by atomic mass is 79.9. The van der Waals surface area contributed by atoms with Crippen LogP contribution in [0.5, 0.6) is 0 Å². The summed E-state index contributed by atoms with van der Waals surface area (Å²) in [5, 5.41) is 13.0. The van der Waals surface area contributed by atoms with Crippen LogP contribution in [0.1, 0.15) is 18.9 Å². The molecule has 0 aliphatic heterocycles. The van der Waals surface area contributed by atoms with Crippen molar-refractivity contribution >= 4 is 43.5 Å². The Morgan fingerprint density at radius 2 is 1.76 bits per heavy atom. The lowest BCUT2D eigenvalue weighted by Gasteiger charge is -2.31. The summed E-state index contributed by atoms with van der Waals surface area (Å²) in [6, 6.07) is 14.9. The Morgan fingerprint density at radius 3 is 2.29 bits per heavy atom. The van der Waals surface area contributed by atoms with E-state index in [1.54, 1.807) is 0 Å². The maximum absolute atomic E-state index is 12.0. The molecule has 0 aromatic heterocycles. The van der Waals surface area contributed by atoms with E-state index < -0.39 is 11.5 Å². The molecule has 21 heavy (non-hydrogen) atoms. The molecule has 0 saturated heterocycles.